The van der Waals surface area contributed by atoms with E-state index < -0.39 is 0 Å². The third-order valence-electron chi connectivity index (χ3n) is 6.05. The zero-order chi connectivity index (χ0) is 17.3. The van der Waals surface area contributed by atoms with Crippen LogP contribution in [0.2, 0.25) is 0 Å². The fourth-order valence-electron chi connectivity index (χ4n) is 4.39. The highest BCUT2D eigenvalue weighted by molar-refractivity contribution is 5.83. The van der Waals surface area contributed by atoms with E-state index in [1.807, 2.05) is 17.0 Å². The van der Waals surface area contributed by atoms with Crippen LogP contribution in [0.25, 0.3) is 0 Å². The predicted molar refractivity (Wildman–Crippen MR) is 93.6 cm³/mol. The van der Waals surface area contributed by atoms with Crippen molar-refractivity contribution in [1.82, 2.24) is 20.5 Å². The van der Waals surface area contributed by atoms with E-state index in [4.69, 9.17) is 0 Å². The van der Waals surface area contributed by atoms with Crippen LogP contribution in [0, 0.1) is 11.3 Å². The molecule has 2 heterocycles. The van der Waals surface area contributed by atoms with Crippen LogP contribution in [0.15, 0.2) is 24.5 Å². The number of aromatic nitrogens is 1. The lowest BCUT2D eigenvalue weighted by atomic mass is 10.0. The number of rotatable bonds is 4. The van der Waals surface area contributed by atoms with Gasteiger partial charge < -0.3 is 15.5 Å². The van der Waals surface area contributed by atoms with Gasteiger partial charge in [-0.25, -0.2) is 4.79 Å². The molecule has 134 valence electrons. The van der Waals surface area contributed by atoms with Gasteiger partial charge in [-0.15, -0.1) is 0 Å². The summed E-state index contributed by atoms with van der Waals surface area (Å²) in [7, 11) is 0. The van der Waals surface area contributed by atoms with Gasteiger partial charge in [0.2, 0.25) is 5.91 Å². The van der Waals surface area contributed by atoms with Crippen LogP contribution in [0.4, 0.5) is 4.79 Å². The summed E-state index contributed by atoms with van der Waals surface area (Å²) < 4.78 is 0. The standard InChI is InChI=1S/C19H26N4O2/c24-17(21-12-14-4-3-8-20-11-14)16-10-19(16)7-9-23(13-19)18(25)22-15-5-1-2-6-15/h3-4,8,11,15-16H,1-2,5-7,9-10,12-13H2,(H,21,24)(H,22,25). The Labute approximate surface area is 148 Å². The summed E-state index contributed by atoms with van der Waals surface area (Å²) in [6.45, 7) is 2.01. The van der Waals surface area contributed by atoms with Crippen molar-refractivity contribution < 1.29 is 9.59 Å². The van der Waals surface area contributed by atoms with Crippen LogP contribution < -0.4 is 10.6 Å². The normalized spacial score (nSPS) is 28.3. The molecule has 1 aromatic rings. The van der Waals surface area contributed by atoms with E-state index in [9.17, 15) is 9.59 Å². The molecule has 3 amide bonds. The third-order valence-corrected chi connectivity index (χ3v) is 6.05. The lowest BCUT2D eigenvalue weighted by molar-refractivity contribution is -0.123. The summed E-state index contributed by atoms with van der Waals surface area (Å²) in [5, 5.41) is 6.17. The minimum absolute atomic E-state index is 0.0199. The summed E-state index contributed by atoms with van der Waals surface area (Å²) in [4.78, 5) is 30.8. The summed E-state index contributed by atoms with van der Waals surface area (Å²) >= 11 is 0. The molecule has 2 unspecified atom stereocenters. The average Bonchev–Trinajstić information content (AvgIpc) is 2.96. The minimum atomic E-state index is 0.0199. The highest BCUT2D eigenvalue weighted by Crippen LogP contribution is 2.58. The van der Waals surface area contributed by atoms with E-state index in [0.717, 1.165) is 44.3 Å². The molecule has 25 heavy (non-hydrogen) atoms. The quantitative estimate of drug-likeness (QED) is 0.879. The van der Waals surface area contributed by atoms with Crippen molar-refractivity contribution in [2.24, 2.45) is 11.3 Å². The van der Waals surface area contributed by atoms with Crippen LogP contribution >= 0.6 is 0 Å². The van der Waals surface area contributed by atoms with Gasteiger partial charge >= 0.3 is 6.03 Å². The molecular weight excluding hydrogens is 316 g/mol. The first-order valence-electron chi connectivity index (χ1n) is 9.38. The second-order valence-corrected chi connectivity index (χ2v) is 7.80. The fourth-order valence-corrected chi connectivity index (χ4v) is 4.39. The van der Waals surface area contributed by atoms with Gasteiger partial charge in [-0.1, -0.05) is 18.9 Å². The summed E-state index contributed by atoms with van der Waals surface area (Å²) in [5.41, 5.74) is 1.03. The van der Waals surface area contributed by atoms with E-state index in [1.165, 1.54) is 12.8 Å². The fraction of sp³-hybridized carbons (Fsp3) is 0.632. The number of amides is 3. The number of carbonyl (C=O) groups is 2. The van der Waals surface area contributed by atoms with Crippen molar-refractivity contribution in [3.05, 3.63) is 30.1 Å². The zero-order valence-electron chi connectivity index (χ0n) is 14.5. The molecule has 0 radical (unpaired) electrons. The first-order chi connectivity index (χ1) is 12.2. The van der Waals surface area contributed by atoms with Gasteiger partial charge in [0.05, 0.1) is 0 Å². The first kappa shape index (κ1) is 16.4. The van der Waals surface area contributed by atoms with E-state index in [1.54, 1.807) is 12.4 Å². The monoisotopic (exact) mass is 342 g/mol. The van der Waals surface area contributed by atoms with Gasteiger partial charge in [-0.2, -0.15) is 0 Å². The van der Waals surface area contributed by atoms with Crippen LogP contribution in [-0.2, 0) is 11.3 Å². The Morgan fingerprint density at radius 2 is 2.16 bits per heavy atom. The highest BCUT2D eigenvalue weighted by atomic mass is 16.2. The number of pyridine rings is 1. The molecule has 2 aliphatic carbocycles. The minimum Gasteiger partial charge on any atom is -0.352 e. The number of carbonyl (C=O) groups excluding carboxylic acids is 2. The Morgan fingerprint density at radius 1 is 1.32 bits per heavy atom. The lowest BCUT2D eigenvalue weighted by Crippen LogP contribution is -2.43. The van der Waals surface area contributed by atoms with Crippen molar-refractivity contribution >= 4 is 11.9 Å². The van der Waals surface area contributed by atoms with Gasteiger partial charge in [-0.05, 0) is 37.3 Å². The maximum absolute atomic E-state index is 12.4. The van der Waals surface area contributed by atoms with Crippen LogP contribution in [0.5, 0.6) is 0 Å². The van der Waals surface area contributed by atoms with Crippen LogP contribution in [-0.4, -0.2) is 41.0 Å². The molecule has 6 nitrogen and oxygen atoms in total. The van der Waals surface area contributed by atoms with Gasteiger partial charge in [0, 0.05) is 49.4 Å². The smallest absolute Gasteiger partial charge is 0.317 e. The molecule has 4 rings (SSSR count). The maximum Gasteiger partial charge on any atom is 0.317 e. The maximum atomic E-state index is 12.4. The Morgan fingerprint density at radius 3 is 2.92 bits per heavy atom. The molecule has 3 fully saturated rings. The van der Waals surface area contributed by atoms with E-state index in [0.29, 0.717) is 12.6 Å². The molecule has 0 aromatic carbocycles. The topological polar surface area (TPSA) is 74.3 Å². The molecule has 1 spiro atoms. The Kier molecular flexibility index (Phi) is 4.36. The molecule has 2 atom stereocenters. The lowest BCUT2D eigenvalue weighted by Gasteiger charge is -2.20. The Balaban J connectivity index is 1.25. The van der Waals surface area contributed by atoms with E-state index >= 15 is 0 Å². The van der Waals surface area contributed by atoms with Crippen LogP contribution in [0.3, 0.4) is 0 Å². The number of likely N-dealkylation sites (tertiary alicyclic amines) is 1. The van der Waals surface area contributed by atoms with Crippen molar-refractivity contribution in [1.29, 1.82) is 0 Å². The van der Waals surface area contributed by atoms with E-state index in [-0.39, 0.29) is 23.3 Å². The SMILES string of the molecule is O=C(NCc1cccnc1)C1CC12CCN(C(=O)NC1CCCC1)C2. The van der Waals surface area contributed by atoms with Gasteiger partial charge in [0.15, 0.2) is 0 Å². The van der Waals surface area contributed by atoms with Gasteiger partial charge in [-0.3, -0.25) is 9.78 Å². The molecule has 1 saturated heterocycles. The van der Waals surface area contributed by atoms with Gasteiger partial charge in [0.1, 0.15) is 0 Å². The molecule has 1 aliphatic heterocycles. The second kappa shape index (κ2) is 6.65. The average molecular weight is 342 g/mol. The molecule has 1 aromatic heterocycles. The molecule has 2 saturated carbocycles. The zero-order valence-corrected chi connectivity index (χ0v) is 14.5. The molecule has 6 heteroatoms. The number of hydrogen-bond acceptors (Lipinski definition) is 3. The Bertz CT molecular complexity index is 644. The summed E-state index contributed by atoms with van der Waals surface area (Å²) in [5.74, 6) is 0.162. The largest absolute Gasteiger partial charge is 0.352 e. The number of urea groups is 1. The summed E-state index contributed by atoms with van der Waals surface area (Å²) in [6, 6.07) is 4.24. The molecule has 2 N–H and O–H groups in total. The van der Waals surface area contributed by atoms with Crippen molar-refractivity contribution in [3.63, 3.8) is 0 Å². The highest BCUT2D eigenvalue weighted by Gasteiger charge is 2.61. The molecular formula is C19H26N4O2. The van der Waals surface area contributed by atoms with Gasteiger partial charge in [0.25, 0.3) is 0 Å². The predicted octanol–water partition coefficient (Wildman–Crippen LogP) is 2.06. The number of nitrogens with zero attached hydrogens (tertiary/aromatic N) is 2. The van der Waals surface area contributed by atoms with Crippen LogP contribution in [0.1, 0.15) is 44.1 Å². The number of hydrogen-bond donors (Lipinski definition) is 2. The number of nitrogens with one attached hydrogen (secondary N) is 2. The van der Waals surface area contributed by atoms with Crippen molar-refractivity contribution in [3.8, 4) is 0 Å². The summed E-state index contributed by atoms with van der Waals surface area (Å²) in [6.07, 6.45) is 9.98. The first-order valence-corrected chi connectivity index (χ1v) is 9.38. The third kappa shape index (κ3) is 3.48. The van der Waals surface area contributed by atoms with Crippen molar-refractivity contribution in [2.75, 3.05) is 13.1 Å². The molecule has 3 aliphatic rings. The molecule has 0 bridgehead atoms. The Hall–Kier alpha value is -2.11. The second-order valence-electron chi connectivity index (χ2n) is 7.80. The van der Waals surface area contributed by atoms with E-state index in [2.05, 4.69) is 15.6 Å². The van der Waals surface area contributed by atoms with Crippen molar-refractivity contribution in [2.45, 2.75) is 51.1 Å².